The van der Waals surface area contributed by atoms with Crippen LogP contribution in [0.3, 0.4) is 0 Å². The maximum atomic E-state index is 3.36. The highest BCUT2D eigenvalue weighted by atomic mass is 13.9. The van der Waals surface area contributed by atoms with Crippen LogP contribution < -0.4 is 0 Å². The summed E-state index contributed by atoms with van der Waals surface area (Å²) in [6.07, 6.45) is 10.3. The molecule has 0 fully saturated rings. The molecule has 0 atom stereocenters. The normalized spacial score (nSPS) is 7.82. The van der Waals surface area contributed by atoms with E-state index >= 15 is 0 Å². The summed E-state index contributed by atoms with van der Waals surface area (Å²) in [5.41, 5.74) is 0. The zero-order valence-corrected chi connectivity index (χ0v) is 8.10. The number of hydrogen-bond donors (Lipinski definition) is 0. The quantitative estimate of drug-likeness (QED) is 0.408. The molecule has 0 nitrogen and oxygen atoms in total. The molecule has 0 radical (unpaired) electrons. The van der Waals surface area contributed by atoms with Crippen LogP contribution in [0.15, 0.2) is 25.3 Å². The maximum absolute atomic E-state index is 3.36. The smallest absolute Gasteiger partial charge is 0.0533 e. The first-order valence-electron chi connectivity index (χ1n) is 4.56. The van der Waals surface area contributed by atoms with Gasteiger partial charge in [-0.3, -0.25) is 0 Å². The molecule has 0 amide bonds. The summed E-state index contributed by atoms with van der Waals surface area (Å²) >= 11 is 0. The van der Waals surface area contributed by atoms with Crippen molar-refractivity contribution in [3.63, 3.8) is 0 Å². The lowest BCUT2D eigenvalue weighted by molar-refractivity contribution is 0.656. The van der Waals surface area contributed by atoms with Crippen LogP contribution in [0.1, 0.15) is 46.0 Å². The Morgan fingerprint density at radius 2 is 1.18 bits per heavy atom. The largest absolute Gasteiger partial charge is 0.0991 e. The average Bonchev–Trinajstić information content (AvgIpc) is 2.06. The average molecular weight is 154 g/mol. The van der Waals surface area contributed by atoms with Crippen LogP contribution in [-0.2, 0) is 0 Å². The van der Waals surface area contributed by atoms with E-state index in [1.54, 1.807) is 12.2 Å². The van der Waals surface area contributed by atoms with Crippen molar-refractivity contribution in [1.29, 1.82) is 0 Å². The van der Waals surface area contributed by atoms with Gasteiger partial charge in [0.1, 0.15) is 0 Å². The summed E-state index contributed by atoms with van der Waals surface area (Å²) < 4.78 is 0. The lowest BCUT2D eigenvalue weighted by Gasteiger charge is -1.90. The van der Waals surface area contributed by atoms with Gasteiger partial charge in [-0.25, -0.2) is 0 Å². The van der Waals surface area contributed by atoms with Crippen LogP contribution in [0.2, 0.25) is 0 Å². The first kappa shape index (κ1) is 13.1. The third-order valence-corrected chi connectivity index (χ3v) is 1.37. The number of unbranched alkanes of at least 4 members (excludes halogenated alkanes) is 4. The van der Waals surface area contributed by atoms with Crippen molar-refractivity contribution in [2.75, 3.05) is 0 Å². The highest BCUT2D eigenvalue weighted by Crippen LogP contribution is 2.00. The molecule has 11 heavy (non-hydrogen) atoms. The Balaban J connectivity index is 0. The van der Waals surface area contributed by atoms with Gasteiger partial charge in [-0.15, -0.1) is 0 Å². The molecule has 0 saturated heterocycles. The predicted octanol–water partition coefficient (Wildman–Crippen LogP) is 4.34. The molecule has 0 aliphatic rings. The van der Waals surface area contributed by atoms with Crippen molar-refractivity contribution in [2.45, 2.75) is 46.0 Å². The Hall–Kier alpha value is -0.520. The molecule has 0 saturated carbocycles. The molecule has 0 aliphatic carbocycles. The van der Waals surface area contributed by atoms with Crippen LogP contribution in [0.5, 0.6) is 0 Å². The van der Waals surface area contributed by atoms with E-state index in [-0.39, 0.29) is 0 Å². The SMILES string of the molecule is C=CC=C.CCCCCCC. The van der Waals surface area contributed by atoms with Crippen LogP contribution >= 0.6 is 0 Å². The van der Waals surface area contributed by atoms with E-state index in [9.17, 15) is 0 Å². The van der Waals surface area contributed by atoms with Gasteiger partial charge in [-0.1, -0.05) is 71.3 Å². The molecule has 0 heterocycles. The Morgan fingerprint density at radius 1 is 0.818 bits per heavy atom. The topological polar surface area (TPSA) is 0 Å². The van der Waals surface area contributed by atoms with Gasteiger partial charge in [0.25, 0.3) is 0 Å². The first-order valence-corrected chi connectivity index (χ1v) is 4.56. The summed E-state index contributed by atoms with van der Waals surface area (Å²) in [6.45, 7) is 11.2. The second-order valence-corrected chi connectivity index (χ2v) is 2.53. The second kappa shape index (κ2) is 16.2. The van der Waals surface area contributed by atoms with Crippen LogP contribution in [0, 0.1) is 0 Å². The van der Waals surface area contributed by atoms with Gasteiger partial charge < -0.3 is 0 Å². The van der Waals surface area contributed by atoms with Crippen molar-refractivity contribution in [1.82, 2.24) is 0 Å². The summed E-state index contributed by atoms with van der Waals surface area (Å²) in [7, 11) is 0. The van der Waals surface area contributed by atoms with Gasteiger partial charge in [0.15, 0.2) is 0 Å². The Morgan fingerprint density at radius 3 is 1.36 bits per heavy atom. The molecule has 0 spiro atoms. The highest BCUT2D eigenvalue weighted by molar-refractivity contribution is 4.88. The van der Waals surface area contributed by atoms with E-state index in [0.29, 0.717) is 0 Å². The van der Waals surface area contributed by atoms with E-state index in [1.807, 2.05) is 0 Å². The lowest BCUT2D eigenvalue weighted by Crippen LogP contribution is -1.70. The van der Waals surface area contributed by atoms with Gasteiger partial charge >= 0.3 is 0 Å². The van der Waals surface area contributed by atoms with Crippen molar-refractivity contribution >= 4 is 0 Å². The minimum absolute atomic E-state index is 1.36. The standard InChI is InChI=1S/C7H16.C4H6/c1-3-5-7-6-4-2;1-3-4-2/h3-7H2,1-2H3;3-4H,1-2H2. The van der Waals surface area contributed by atoms with Crippen LogP contribution in [0.25, 0.3) is 0 Å². The van der Waals surface area contributed by atoms with Gasteiger partial charge in [0, 0.05) is 0 Å². The van der Waals surface area contributed by atoms with E-state index in [1.165, 1.54) is 32.1 Å². The molecular weight excluding hydrogens is 132 g/mol. The minimum atomic E-state index is 1.36. The monoisotopic (exact) mass is 154 g/mol. The molecule has 0 rings (SSSR count). The van der Waals surface area contributed by atoms with E-state index in [2.05, 4.69) is 27.0 Å². The van der Waals surface area contributed by atoms with E-state index in [4.69, 9.17) is 0 Å². The fourth-order valence-electron chi connectivity index (χ4n) is 0.677. The third kappa shape index (κ3) is 26.4. The van der Waals surface area contributed by atoms with Gasteiger partial charge in [-0.2, -0.15) is 0 Å². The van der Waals surface area contributed by atoms with Crippen LogP contribution in [0.4, 0.5) is 0 Å². The van der Waals surface area contributed by atoms with Crippen molar-refractivity contribution in [3.05, 3.63) is 25.3 Å². The number of allylic oxidation sites excluding steroid dienone is 2. The van der Waals surface area contributed by atoms with Crippen molar-refractivity contribution in [2.24, 2.45) is 0 Å². The van der Waals surface area contributed by atoms with Crippen molar-refractivity contribution in [3.8, 4) is 0 Å². The molecule has 0 aromatic rings. The van der Waals surface area contributed by atoms with Gasteiger partial charge in [0.2, 0.25) is 0 Å². The fraction of sp³-hybridized carbons (Fsp3) is 0.636. The summed E-state index contributed by atoms with van der Waals surface area (Å²) in [5, 5.41) is 0. The second-order valence-electron chi connectivity index (χ2n) is 2.53. The predicted molar refractivity (Wildman–Crippen MR) is 54.8 cm³/mol. The molecule has 0 aromatic carbocycles. The number of rotatable bonds is 5. The molecule has 0 aliphatic heterocycles. The third-order valence-electron chi connectivity index (χ3n) is 1.37. The maximum Gasteiger partial charge on any atom is -0.0533 e. The molecule has 0 bridgehead atoms. The zero-order valence-electron chi connectivity index (χ0n) is 8.10. The Bertz CT molecular complexity index is 62.1. The molecule has 0 heteroatoms. The van der Waals surface area contributed by atoms with Gasteiger partial charge in [0.05, 0.1) is 0 Å². The fourth-order valence-corrected chi connectivity index (χ4v) is 0.677. The highest BCUT2D eigenvalue weighted by Gasteiger charge is 1.80. The lowest BCUT2D eigenvalue weighted by atomic mass is 10.2. The van der Waals surface area contributed by atoms with E-state index < -0.39 is 0 Å². The molecule has 0 aromatic heterocycles. The Labute approximate surface area is 72.0 Å². The van der Waals surface area contributed by atoms with Crippen LogP contribution in [-0.4, -0.2) is 0 Å². The zero-order chi connectivity index (χ0) is 8.95. The van der Waals surface area contributed by atoms with Gasteiger partial charge in [-0.05, 0) is 0 Å². The summed E-state index contributed by atoms with van der Waals surface area (Å²) in [6, 6.07) is 0. The summed E-state index contributed by atoms with van der Waals surface area (Å²) in [4.78, 5) is 0. The number of hydrogen-bond acceptors (Lipinski definition) is 0. The first-order chi connectivity index (χ1) is 5.33. The summed E-state index contributed by atoms with van der Waals surface area (Å²) in [5.74, 6) is 0. The molecular formula is C11H22. The minimum Gasteiger partial charge on any atom is -0.0991 e. The molecule has 0 N–H and O–H groups in total. The molecule has 66 valence electrons. The van der Waals surface area contributed by atoms with Crippen molar-refractivity contribution < 1.29 is 0 Å². The van der Waals surface area contributed by atoms with E-state index in [0.717, 1.165) is 0 Å². The Kier molecular flexibility index (Phi) is 19.3. The molecule has 0 unspecified atom stereocenters.